The molecule has 1 aromatic rings. The summed E-state index contributed by atoms with van der Waals surface area (Å²) in [6.07, 6.45) is 8.76. The van der Waals surface area contributed by atoms with E-state index >= 15 is 0 Å². The van der Waals surface area contributed by atoms with Gasteiger partial charge in [0, 0.05) is 6.04 Å². The molecule has 0 aromatic carbocycles. The zero-order valence-electron chi connectivity index (χ0n) is 6.53. The highest BCUT2D eigenvalue weighted by molar-refractivity contribution is 5.25. The number of rotatable bonds is 1. The van der Waals surface area contributed by atoms with Gasteiger partial charge in [0.25, 0.3) is 0 Å². The molecule has 1 aromatic heterocycles. The molecule has 0 unspecified atom stereocenters. The van der Waals surface area contributed by atoms with Crippen LogP contribution in [0.15, 0.2) is 12.5 Å². The molecule has 60 valence electrons. The molecular formula is C8H13N3. The van der Waals surface area contributed by atoms with Gasteiger partial charge in [-0.1, -0.05) is 12.8 Å². The van der Waals surface area contributed by atoms with Crippen molar-refractivity contribution in [3.05, 3.63) is 12.5 Å². The molecule has 3 heteroatoms. The van der Waals surface area contributed by atoms with Crippen LogP contribution in [0, 0.1) is 0 Å². The highest BCUT2D eigenvalue weighted by Crippen LogP contribution is 2.30. The third-order valence-corrected chi connectivity index (χ3v) is 2.41. The second-order valence-electron chi connectivity index (χ2n) is 3.16. The summed E-state index contributed by atoms with van der Waals surface area (Å²) in [5.74, 6) is 0.803. The summed E-state index contributed by atoms with van der Waals surface area (Å²) >= 11 is 0. The predicted octanol–water partition coefficient (Wildman–Crippen LogP) is 1.58. The number of nitrogens with zero attached hydrogens (tertiary/aromatic N) is 2. The van der Waals surface area contributed by atoms with Gasteiger partial charge in [-0.2, -0.15) is 0 Å². The van der Waals surface area contributed by atoms with E-state index in [9.17, 15) is 0 Å². The number of imidazole rings is 1. The maximum atomic E-state index is 5.72. The maximum absolute atomic E-state index is 5.72. The molecule has 0 spiro atoms. The monoisotopic (exact) mass is 151 g/mol. The van der Waals surface area contributed by atoms with E-state index in [0.29, 0.717) is 6.04 Å². The van der Waals surface area contributed by atoms with E-state index in [-0.39, 0.29) is 0 Å². The Labute approximate surface area is 66.2 Å². The van der Waals surface area contributed by atoms with Gasteiger partial charge in [-0.25, -0.2) is 4.98 Å². The lowest BCUT2D eigenvalue weighted by molar-refractivity contribution is 0.524. The van der Waals surface area contributed by atoms with Crippen molar-refractivity contribution in [2.75, 3.05) is 5.73 Å². The molecule has 2 N–H and O–H groups in total. The Bertz CT molecular complexity index is 235. The number of nitrogen functional groups attached to an aromatic ring is 1. The topological polar surface area (TPSA) is 43.8 Å². The summed E-state index contributed by atoms with van der Waals surface area (Å²) < 4.78 is 2.09. The average molecular weight is 151 g/mol. The van der Waals surface area contributed by atoms with E-state index < -0.39 is 0 Å². The van der Waals surface area contributed by atoms with Gasteiger partial charge in [0.1, 0.15) is 5.82 Å². The molecule has 1 heterocycles. The Balaban J connectivity index is 2.21. The molecule has 1 fully saturated rings. The summed E-state index contributed by atoms with van der Waals surface area (Å²) in [5.41, 5.74) is 5.72. The highest BCUT2D eigenvalue weighted by atomic mass is 15.1. The lowest BCUT2D eigenvalue weighted by Crippen LogP contribution is -2.06. The van der Waals surface area contributed by atoms with E-state index in [1.54, 1.807) is 6.20 Å². The molecule has 1 aliphatic carbocycles. The minimum absolute atomic E-state index is 0.623. The third-order valence-electron chi connectivity index (χ3n) is 2.41. The van der Waals surface area contributed by atoms with E-state index in [4.69, 9.17) is 5.73 Å². The fourth-order valence-electron chi connectivity index (χ4n) is 1.80. The minimum atomic E-state index is 0.623. The van der Waals surface area contributed by atoms with Gasteiger partial charge in [-0.3, -0.25) is 0 Å². The molecule has 1 aliphatic rings. The molecule has 0 amide bonds. The van der Waals surface area contributed by atoms with E-state index in [1.807, 2.05) is 6.33 Å². The normalized spacial score (nSPS) is 19.3. The summed E-state index contributed by atoms with van der Waals surface area (Å²) in [4.78, 5) is 4.00. The lowest BCUT2D eigenvalue weighted by Gasteiger charge is -2.11. The van der Waals surface area contributed by atoms with Crippen molar-refractivity contribution in [1.29, 1.82) is 0 Å². The molecule has 11 heavy (non-hydrogen) atoms. The largest absolute Gasteiger partial charge is 0.384 e. The minimum Gasteiger partial charge on any atom is -0.384 e. The second-order valence-corrected chi connectivity index (χ2v) is 3.16. The first kappa shape index (κ1) is 6.70. The standard InChI is InChI=1S/C8H13N3/c9-8-5-10-6-11(8)7-3-1-2-4-7/h5-7H,1-4,9H2. The first-order valence-corrected chi connectivity index (χ1v) is 4.15. The molecule has 0 saturated heterocycles. The van der Waals surface area contributed by atoms with Crippen molar-refractivity contribution in [3.63, 3.8) is 0 Å². The van der Waals surface area contributed by atoms with Crippen molar-refractivity contribution in [2.45, 2.75) is 31.7 Å². The van der Waals surface area contributed by atoms with Gasteiger partial charge in [0.05, 0.1) is 12.5 Å². The lowest BCUT2D eigenvalue weighted by atomic mass is 10.2. The van der Waals surface area contributed by atoms with Gasteiger partial charge in [-0.15, -0.1) is 0 Å². The van der Waals surface area contributed by atoms with Crippen molar-refractivity contribution in [1.82, 2.24) is 9.55 Å². The Kier molecular flexibility index (Phi) is 1.56. The van der Waals surface area contributed by atoms with Crippen LogP contribution in [0.3, 0.4) is 0 Å². The molecule has 0 atom stereocenters. The van der Waals surface area contributed by atoms with Gasteiger partial charge >= 0.3 is 0 Å². The smallest absolute Gasteiger partial charge is 0.123 e. The van der Waals surface area contributed by atoms with Crippen LogP contribution in [0.25, 0.3) is 0 Å². The van der Waals surface area contributed by atoms with Crippen molar-refractivity contribution < 1.29 is 0 Å². The van der Waals surface area contributed by atoms with Gasteiger partial charge < -0.3 is 10.3 Å². The van der Waals surface area contributed by atoms with E-state index in [0.717, 1.165) is 5.82 Å². The van der Waals surface area contributed by atoms with Crippen LogP contribution in [-0.2, 0) is 0 Å². The number of anilines is 1. The molecule has 0 aliphatic heterocycles. The Morgan fingerprint density at radius 2 is 2.18 bits per heavy atom. The van der Waals surface area contributed by atoms with Gasteiger partial charge in [0.2, 0.25) is 0 Å². The van der Waals surface area contributed by atoms with Crippen LogP contribution in [0.5, 0.6) is 0 Å². The number of aromatic nitrogens is 2. The van der Waals surface area contributed by atoms with Crippen LogP contribution in [0.2, 0.25) is 0 Å². The van der Waals surface area contributed by atoms with Gasteiger partial charge in [-0.05, 0) is 12.8 Å². The summed E-state index contributed by atoms with van der Waals surface area (Å²) in [5, 5.41) is 0. The quantitative estimate of drug-likeness (QED) is 0.662. The fourth-order valence-corrected chi connectivity index (χ4v) is 1.80. The SMILES string of the molecule is Nc1cncn1C1CCCC1. The molecule has 0 radical (unpaired) electrons. The van der Waals surface area contributed by atoms with Crippen LogP contribution < -0.4 is 5.73 Å². The molecular weight excluding hydrogens is 138 g/mol. The highest BCUT2D eigenvalue weighted by Gasteiger charge is 2.17. The molecule has 1 saturated carbocycles. The van der Waals surface area contributed by atoms with Gasteiger partial charge in [0.15, 0.2) is 0 Å². The number of hydrogen-bond acceptors (Lipinski definition) is 2. The Morgan fingerprint density at radius 1 is 1.45 bits per heavy atom. The first-order valence-electron chi connectivity index (χ1n) is 4.15. The Hall–Kier alpha value is -0.990. The zero-order valence-corrected chi connectivity index (χ0v) is 6.53. The summed E-state index contributed by atoms with van der Waals surface area (Å²) in [6.45, 7) is 0. The molecule has 2 rings (SSSR count). The van der Waals surface area contributed by atoms with Crippen LogP contribution in [-0.4, -0.2) is 9.55 Å². The summed E-state index contributed by atoms with van der Waals surface area (Å²) in [6, 6.07) is 0.623. The number of nitrogens with two attached hydrogens (primary N) is 1. The summed E-state index contributed by atoms with van der Waals surface area (Å²) in [7, 11) is 0. The Morgan fingerprint density at radius 3 is 2.73 bits per heavy atom. The average Bonchev–Trinajstić information content (AvgIpc) is 2.55. The van der Waals surface area contributed by atoms with Crippen LogP contribution in [0.4, 0.5) is 5.82 Å². The fraction of sp³-hybridized carbons (Fsp3) is 0.625. The third kappa shape index (κ3) is 1.11. The van der Waals surface area contributed by atoms with E-state index in [2.05, 4.69) is 9.55 Å². The van der Waals surface area contributed by atoms with Crippen molar-refractivity contribution >= 4 is 5.82 Å². The molecule has 3 nitrogen and oxygen atoms in total. The van der Waals surface area contributed by atoms with Crippen molar-refractivity contribution in [3.8, 4) is 0 Å². The number of hydrogen-bond donors (Lipinski definition) is 1. The van der Waals surface area contributed by atoms with Crippen LogP contribution in [0.1, 0.15) is 31.7 Å². The zero-order chi connectivity index (χ0) is 7.68. The van der Waals surface area contributed by atoms with E-state index in [1.165, 1.54) is 25.7 Å². The maximum Gasteiger partial charge on any atom is 0.123 e. The first-order chi connectivity index (χ1) is 5.38. The van der Waals surface area contributed by atoms with Crippen LogP contribution >= 0.6 is 0 Å². The molecule has 0 bridgehead atoms. The van der Waals surface area contributed by atoms with Crippen molar-refractivity contribution in [2.24, 2.45) is 0 Å². The second kappa shape index (κ2) is 2.57. The predicted molar refractivity (Wildman–Crippen MR) is 44.1 cm³/mol.